The Morgan fingerprint density at radius 2 is 2.06 bits per heavy atom. The van der Waals surface area contributed by atoms with E-state index in [1.165, 1.54) is 16.2 Å². The molecule has 6 heteroatoms. The number of hydrogen-bond donors (Lipinski definition) is 1. The van der Waals surface area contributed by atoms with Crippen molar-refractivity contribution in [3.05, 3.63) is 15.9 Å². The third kappa shape index (κ3) is 3.29. The summed E-state index contributed by atoms with van der Waals surface area (Å²) in [5, 5.41) is 11.6. The van der Waals surface area contributed by atoms with Crippen molar-refractivity contribution in [2.45, 2.75) is 13.8 Å². The average molecular weight is 320 g/mol. The van der Waals surface area contributed by atoms with Gasteiger partial charge in [-0.05, 0) is 27.9 Å². The predicted molar refractivity (Wildman–Crippen MR) is 71.4 cm³/mol. The first-order valence-electron chi connectivity index (χ1n) is 5.09. The highest BCUT2D eigenvalue weighted by molar-refractivity contribution is 9.10. The predicted octanol–water partition coefficient (Wildman–Crippen LogP) is 2.83. The number of carbonyl (C=O) groups excluding carboxylic acids is 1. The maximum atomic E-state index is 12.1. The summed E-state index contributed by atoms with van der Waals surface area (Å²) < 4.78 is 0.883. The van der Waals surface area contributed by atoms with Gasteiger partial charge in [0.2, 0.25) is 5.91 Å². The Hall–Kier alpha value is -0.880. The molecule has 1 N–H and O–H groups in total. The molecular weight excluding hydrogens is 306 g/mol. The van der Waals surface area contributed by atoms with Gasteiger partial charge in [0.05, 0.1) is 5.00 Å². The molecule has 0 aliphatic heterocycles. The number of carboxylic acids is 1. The molecule has 0 fully saturated rings. The van der Waals surface area contributed by atoms with Gasteiger partial charge in [-0.3, -0.25) is 9.59 Å². The molecular formula is C11H14BrNO3S. The van der Waals surface area contributed by atoms with Gasteiger partial charge in [-0.15, -0.1) is 11.3 Å². The zero-order valence-corrected chi connectivity index (χ0v) is 12.2. The number of nitrogens with zero attached hydrogens (tertiary/aromatic N) is 1. The van der Waals surface area contributed by atoms with Gasteiger partial charge in [0.1, 0.15) is 5.92 Å². The van der Waals surface area contributed by atoms with Crippen molar-refractivity contribution in [1.29, 1.82) is 0 Å². The monoisotopic (exact) mass is 319 g/mol. The zero-order valence-electron chi connectivity index (χ0n) is 9.81. The van der Waals surface area contributed by atoms with Crippen molar-refractivity contribution < 1.29 is 14.7 Å². The van der Waals surface area contributed by atoms with Crippen LogP contribution in [0.3, 0.4) is 0 Å². The Labute approximate surface area is 112 Å². The lowest BCUT2D eigenvalue weighted by Crippen LogP contribution is -2.39. The van der Waals surface area contributed by atoms with Crippen molar-refractivity contribution in [3.63, 3.8) is 0 Å². The van der Waals surface area contributed by atoms with E-state index < -0.39 is 11.9 Å². The Balaban J connectivity index is 2.92. The molecule has 1 unspecified atom stereocenters. The molecule has 0 bridgehead atoms. The zero-order chi connectivity index (χ0) is 13.2. The van der Waals surface area contributed by atoms with Gasteiger partial charge in [0.15, 0.2) is 0 Å². The van der Waals surface area contributed by atoms with Gasteiger partial charge in [0, 0.05) is 16.9 Å². The van der Waals surface area contributed by atoms with Gasteiger partial charge >= 0.3 is 5.97 Å². The van der Waals surface area contributed by atoms with Gasteiger partial charge in [-0.1, -0.05) is 13.8 Å². The number of hydrogen-bond acceptors (Lipinski definition) is 3. The van der Waals surface area contributed by atoms with Gasteiger partial charge in [-0.2, -0.15) is 0 Å². The van der Waals surface area contributed by atoms with Crippen LogP contribution in [-0.4, -0.2) is 24.0 Å². The Bertz CT molecular complexity index is 430. The quantitative estimate of drug-likeness (QED) is 0.868. The highest BCUT2D eigenvalue weighted by Crippen LogP contribution is 2.29. The summed E-state index contributed by atoms with van der Waals surface area (Å²) in [7, 11) is 1.60. The Morgan fingerprint density at radius 3 is 2.41 bits per heavy atom. The molecule has 1 aromatic rings. The number of amides is 1. The van der Waals surface area contributed by atoms with E-state index in [2.05, 4.69) is 15.9 Å². The van der Waals surface area contributed by atoms with Crippen LogP contribution >= 0.6 is 27.3 Å². The van der Waals surface area contributed by atoms with Crippen LogP contribution in [0.15, 0.2) is 15.9 Å². The molecule has 4 nitrogen and oxygen atoms in total. The van der Waals surface area contributed by atoms with Crippen molar-refractivity contribution in [2.24, 2.45) is 11.8 Å². The molecule has 0 aromatic carbocycles. The van der Waals surface area contributed by atoms with Crippen molar-refractivity contribution >= 4 is 44.1 Å². The fourth-order valence-electron chi connectivity index (χ4n) is 1.47. The highest BCUT2D eigenvalue weighted by Gasteiger charge is 2.32. The van der Waals surface area contributed by atoms with E-state index in [0.717, 1.165) is 9.47 Å². The Morgan fingerprint density at radius 1 is 1.47 bits per heavy atom. The number of thiophene rings is 1. The van der Waals surface area contributed by atoms with Crippen LogP contribution in [0.1, 0.15) is 13.8 Å². The topological polar surface area (TPSA) is 57.6 Å². The number of rotatable bonds is 4. The lowest BCUT2D eigenvalue weighted by molar-refractivity contribution is -0.147. The van der Waals surface area contributed by atoms with E-state index in [4.69, 9.17) is 5.11 Å². The van der Waals surface area contributed by atoms with Crippen LogP contribution in [0.25, 0.3) is 0 Å². The first-order chi connectivity index (χ1) is 7.84. The summed E-state index contributed by atoms with van der Waals surface area (Å²) in [4.78, 5) is 24.5. The smallest absolute Gasteiger partial charge is 0.316 e. The molecule has 1 atom stereocenters. The maximum Gasteiger partial charge on any atom is 0.316 e. The molecule has 1 aromatic heterocycles. The van der Waals surface area contributed by atoms with E-state index in [0.29, 0.717) is 0 Å². The standard InChI is InChI=1S/C11H14BrNO3S/c1-6(2)9(11(15)16)10(14)13(3)8-4-7(12)5-17-8/h4-6,9H,1-3H3,(H,15,16). The van der Waals surface area contributed by atoms with Crippen molar-refractivity contribution in [2.75, 3.05) is 11.9 Å². The van der Waals surface area contributed by atoms with E-state index in [1.807, 2.05) is 5.38 Å². The molecule has 0 aliphatic rings. The molecule has 0 saturated carbocycles. The minimum absolute atomic E-state index is 0.231. The fraction of sp³-hybridized carbons (Fsp3) is 0.455. The summed E-state index contributed by atoms with van der Waals surface area (Å²) >= 11 is 4.69. The van der Waals surface area contributed by atoms with E-state index in [-0.39, 0.29) is 11.8 Å². The molecule has 1 rings (SSSR count). The number of carboxylic acid groups (broad SMARTS) is 1. The second-order valence-corrected chi connectivity index (χ2v) is 5.87. The summed E-state index contributed by atoms with van der Waals surface area (Å²) in [6, 6.07) is 1.79. The summed E-state index contributed by atoms with van der Waals surface area (Å²) in [6.07, 6.45) is 0. The minimum atomic E-state index is -1.08. The lowest BCUT2D eigenvalue weighted by atomic mass is 9.95. The van der Waals surface area contributed by atoms with E-state index in [9.17, 15) is 9.59 Å². The molecule has 94 valence electrons. The van der Waals surface area contributed by atoms with Crippen molar-refractivity contribution in [1.82, 2.24) is 0 Å². The molecule has 1 heterocycles. The second-order valence-electron chi connectivity index (χ2n) is 4.06. The Kier molecular flexibility index (Phi) is 4.70. The largest absolute Gasteiger partial charge is 0.481 e. The number of anilines is 1. The van der Waals surface area contributed by atoms with E-state index in [1.54, 1.807) is 27.0 Å². The minimum Gasteiger partial charge on any atom is -0.481 e. The van der Waals surface area contributed by atoms with Crippen LogP contribution in [0.4, 0.5) is 5.00 Å². The SMILES string of the molecule is CC(C)C(C(=O)O)C(=O)N(C)c1cc(Br)cs1. The summed E-state index contributed by atoms with van der Waals surface area (Å²) in [5.74, 6) is -2.69. The number of carbonyl (C=O) groups is 2. The molecule has 0 radical (unpaired) electrons. The molecule has 17 heavy (non-hydrogen) atoms. The van der Waals surface area contributed by atoms with Crippen molar-refractivity contribution in [3.8, 4) is 0 Å². The average Bonchev–Trinajstić information content (AvgIpc) is 2.62. The third-order valence-corrected chi connectivity index (χ3v) is 4.18. The van der Waals surface area contributed by atoms with Crippen LogP contribution in [0.2, 0.25) is 0 Å². The highest BCUT2D eigenvalue weighted by atomic mass is 79.9. The first-order valence-corrected chi connectivity index (χ1v) is 6.76. The summed E-state index contributed by atoms with van der Waals surface area (Å²) in [5.41, 5.74) is 0. The van der Waals surface area contributed by atoms with Gasteiger partial charge in [0.25, 0.3) is 0 Å². The van der Waals surface area contributed by atoms with Crippen LogP contribution in [-0.2, 0) is 9.59 Å². The molecule has 0 spiro atoms. The third-order valence-electron chi connectivity index (χ3n) is 2.41. The normalized spacial score (nSPS) is 12.5. The van der Waals surface area contributed by atoms with Crippen LogP contribution in [0, 0.1) is 11.8 Å². The van der Waals surface area contributed by atoms with Crippen LogP contribution in [0.5, 0.6) is 0 Å². The first kappa shape index (κ1) is 14.2. The van der Waals surface area contributed by atoms with Gasteiger partial charge in [-0.25, -0.2) is 0 Å². The molecule has 1 amide bonds. The van der Waals surface area contributed by atoms with Gasteiger partial charge < -0.3 is 10.0 Å². The van der Waals surface area contributed by atoms with Crippen LogP contribution < -0.4 is 4.90 Å². The lowest BCUT2D eigenvalue weighted by Gasteiger charge is -2.22. The van der Waals surface area contributed by atoms with E-state index >= 15 is 0 Å². The number of aliphatic carboxylic acids is 1. The summed E-state index contributed by atoms with van der Waals surface area (Å²) in [6.45, 7) is 3.46. The molecule has 0 saturated heterocycles. The molecule has 0 aliphatic carbocycles. The second kappa shape index (κ2) is 5.64. The maximum absolute atomic E-state index is 12.1. The number of halogens is 1. The fourth-order valence-corrected chi connectivity index (χ4v) is 2.86.